The summed E-state index contributed by atoms with van der Waals surface area (Å²) >= 11 is 12.6. The molecule has 3 aromatic rings. The first kappa shape index (κ1) is 28.9. The second kappa shape index (κ2) is 12.2. The number of rotatable bonds is 10. The zero-order chi connectivity index (χ0) is 28.0. The van der Waals surface area contributed by atoms with E-state index in [1.165, 1.54) is 56.4 Å². The van der Waals surface area contributed by atoms with Gasteiger partial charge in [-0.3, -0.25) is 24.0 Å². The number of sulfonamides is 1. The first-order chi connectivity index (χ1) is 18.0. The van der Waals surface area contributed by atoms with Gasteiger partial charge in [-0.15, -0.1) is 0 Å². The lowest BCUT2D eigenvalue weighted by Crippen LogP contribution is -2.50. The monoisotopic (exact) mass is 578 g/mol. The maximum atomic E-state index is 13.7. The largest absolute Gasteiger partial charge is 0.357 e. The Bertz CT molecular complexity index is 1430. The third kappa shape index (κ3) is 6.42. The minimum Gasteiger partial charge on any atom is -0.357 e. The van der Waals surface area contributed by atoms with Crippen LogP contribution in [0.1, 0.15) is 12.5 Å². The predicted molar refractivity (Wildman–Crippen MR) is 145 cm³/mol. The number of carbonyl (C=O) groups is 2. The van der Waals surface area contributed by atoms with E-state index < -0.39 is 39.3 Å². The molecule has 0 unspecified atom stereocenters. The summed E-state index contributed by atoms with van der Waals surface area (Å²) in [5.74, 6) is -1.27. The number of hydrogen-bond donors (Lipinski definition) is 1. The highest BCUT2D eigenvalue weighted by molar-refractivity contribution is 7.92. The van der Waals surface area contributed by atoms with Crippen molar-refractivity contribution in [2.75, 3.05) is 17.9 Å². The summed E-state index contributed by atoms with van der Waals surface area (Å²) < 4.78 is 28.1. The molecule has 13 heteroatoms. The number of hydrogen-bond acceptors (Lipinski definition) is 6. The highest BCUT2D eigenvalue weighted by Crippen LogP contribution is 2.29. The highest BCUT2D eigenvalue weighted by atomic mass is 35.5. The van der Waals surface area contributed by atoms with Gasteiger partial charge >= 0.3 is 0 Å². The Hall–Kier alpha value is -3.67. The number of nitro benzene ring substituents is 1. The van der Waals surface area contributed by atoms with Gasteiger partial charge in [0.05, 0.1) is 15.5 Å². The minimum absolute atomic E-state index is 0.0975. The van der Waals surface area contributed by atoms with Crippen molar-refractivity contribution in [3.8, 4) is 0 Å². The second-order valence-electron chi connectivity index (χ2n) is 8.11. The molecule has 10 nitrogen and oxygen atoms in total. The van der Waals surface area contributed by atoms with Crippen LogP contribution in [0.15, 0.2) is 77.7 Å². The molecule has 0 bridgehead atoms. The topological polar surface area (TPSA) is 130 Å². The van der Waals surface area contributed by atoms with E-state index >= 15 is 0 Å². The molecular formula is C25H24Cl2N4O6S. The number of carbonyl (C=O) groups excluding carboxylic acids is 2. The van der Waals surface area contributed by atoms with Crippen LogP contribution >= 0.6 is 23.2 Å². The molecule has 3 aromatic carbocycles. The quantitative estimate of drug-likeness (QED) is 0.282. The molecule has 0 aromatic heterocycles. The number of nitrogens with one attached hydrogen (secondary N) is 1. The molecule has 0 spiro atoms. The van der Waals surface area contributed by atoms with Crippen molar-refractivity contribution in [3.05, 3.63) is 98.5 Å². The molecule has 0 aliphatic heterocycles. The molecule has 0 fully saturated rings. The van der Waals surface area contributed by atoms with Crippen molar-refractivity contribution in [2.45, 2.75) is 24.4 Å². The smallest absolute Gasteiger partial charge is 0.271 e. The zero-order valence-corrected chi connectivity index (χ0v) is 22.7. The molecule has 0 aliphatic rings. The van der Waals surface area contributed by atoms with Crippen LogP contribution in [-0.4, -0.2) is 49.7 Å². The van der Waals surface area contributed by atoms with Crippen molar-refractivity contribution in [1.82, 2.24) is 10.2 Å². The number of likely N-dealkylation sites (N-methyl/N-ethyl adjacent to an activating group) is 1. The lowest BCUT2D eigenvalue weighted by atomic mass is 10.1. The van der Waals surface area contributed by atoms with Crippen molar-refractivity contribution in [1.29, 1.82) is 0 Å². The van der Waals surface area contributed by atoms with Gasteiger partial charge in [0.2, 0.25) is 11.8 Å². The second-order valence-corrected chi connectivity index (χ2v) is 10.8. The Morgan fingerprint density at radius 2 is 1.61 bits per heavy atom. The molecule has 0 saturated carbocycles. The molecule has 1 N–H and O–H groups in total. The number of halogens is 2. The first-order valence-corrected chi connectivity index (χ1v) is 13.4. The van der Waals surface area contributed by atoms with Crippen molar-refractivity contribution < 1.29 is 22.9 Å². The van der Waals surface area contributed by atoms with Gasteiger partial charge in [0, 0.05) is 41.3 Å². The Kier molecular flexibility index (Phi) is 9.31. The average molecular weight is 579 g/mol. The predicted octanol–water partition coefficient (Wildman–Crippen LogP) is 4.26. The van der Waals surface area contributed by atoms with E-state index in [-0.39, 0.29) is 32.9 Å². The molecule has 3 rings (SSSR count). The molecule has 0 aliphatic carbocycles. The number of non-ortho nitro benzene ring substituents is 1. The van der Waals surface area contributed by atoms with E-state index in [1.54, 1.807) is 24.3 Å². The van der Waals surface area contributed by atoms with Gasteiger partial charge in [-0.05, 0) is 37.3 Å². The molecule has 38 heavy (non-hydrogen) atoms. The van der Waals surface area contributed by atoms with Crippen LogP contribution in [0, 0.1) is 10.1 Å². The van der Waals surface area contributed by atoms with E-state index in [2.05, 4.69) is 5.32 Å². The van der Waals surface area contributed by atoms with E-state index in [4.69, 9.17) is 23.2 Å². The number of nitro groups is 1. The van der Waals surface area contributed by atoms with Gasteiger partial charge in [-0.2, -0.15) is 0 Å². The van der Waals surface area contributed by atoms with Gasteiger partial charge < -0.3 is 10.2 Å². The van der Waals surface area contributed by atoms with Gasteiger partial charge in [0.15, 0.2) is 0 Å². The summed E-state index contributed by atoms with van der Waals surface area (Å²) in [6, 6.07) is 16.0. The van der Waals surface area contributed by atoms with Crippen LogP contribution in [0.25, 0.3) is 0 Å². The number of anilines is 1. The van der Waals surface area contributed by atoms with Crippen LogP contribution in [-0.2, 0) is 26.2 Å². The normalized spacial score (nSPS) is 11.9. The van der Waals surface area contributed by atoms with Crippen LogP contribution < -0.4 is 9.62 Å². The minimum atomic E-state index is -4.36. The fraction of sp³-hybridized carbons (Fsp3) is 0.200. The lowest BCUT2D eigenvalue weighted by Gasteiger charge is -2.32. The van der Waals surface area contributed by atoms with Gasteiger partial charge in [0.1, 0.15) is 12.6 Å². The molecule has 0 saturated heterocycles. The highest BCUT2D eigenvalue weighted by Gasteiger charge is 2.33. The van der Waals surface area contributed by atoms with Gasteiger partial charge in [0.25, 0.3) is 15.7 Å². The van der Waals surface area contributed by atoms with Gasteiger partial charge in [-0.25, -0.2) is 8.42 Å². The first-order valence-electron chi connectivity index (χ1n) is 11.2. The lowest BCUT2D eigenvalue weighted by molar-refractivity contribution is -0.384. The van der Waals surface area contributed by atoms with E-state index in [9.17, 15) is 28.1 Å². The van der Waals surface area contributed by atoms with E-state index in [0.29, 0.717) is 5.56 Å². The molecule has 2 amide bonds. The number of nitrogens with zero attached hydrogens (tertiary/aromatic N) is 3. The molecule has 0 radical (unpaired) electrons. The summed E-state index contributed by atoms with van der Waals surface area (Å²) in [5, 5.41) is 14.4. The summed E-state index contributed by atoms with van der Waals surface area (Å²) in [4.78, 5) is 38.0. The van der Waals surface area contributed by atoms with Crippen molar-refractivity contribution in [3.63, 3.8) is 0 Å². The fourth-order valence-electron chi connectivity index (χ4n) is 3.66. The van der Waals surface area contributed by atoms with Crippen LogP contribution in [0.3, 0.4) is 0 Å². The maximum absolute atomic E-state index is 13.7. The van der Waals surface area contributed by atoms with Crippen LogP contribution in [0.2, 0.25) is 10.0 Å². The Labute approximate surface area is 230 Å². The maximum Gasteiger partial charge on any atom is 0.271 e. The molecule has 1 atom stereocenters. The van der Waals surface area contributed by atoms with Gasteiger partial charge in [-0.1, -0.05) is 53.5 Å². The van der Waals surface area contributed by atoms with Crippen LogP contribution in [0.5, 0.6) is 0 Å². The summed E-state index contributed by atoms with van der Waals surface area (Å²) in [6.45, 7) is 0.521. The summed E-state index contributed by atoms with van der Waals surface area (Å²) in [5.41, 5.74) is -0.0888. The average Bonchev–Trinajstić information content (AvgIpc) is 2.91. The van der Waals surface area contributed by atoms with Crippen molar-refractivity contribution in [2.24, 2.45) is 0 Å². The molecule has 200 valence electrons. The third-order valence-electron chi connectivity index (χ3n) is 5.74. The van der Waals surface area contributed by atoms with Crippen LogP contribution in [0.4, 0.5) is 11.4 Å². The number of amides is 2. The number of benzene rings is 3. The standard InChI is InChI=1S/C25H24Cl2N4O6S/c1-17(25(33)28-2)29(15-21-22(26)12-7-13-23(21)27)24(32)16-30(18-8-6-9-19(14-18)31(34)35)38(36,37)20-10-4-3-5-11-20/h3-14,17H,15-16H2,1-2H3,(H,28,33)/t17-/m1/s1. The summed E-state index contributed by atoms with van der Waals surface area (Å²) in [7, 11) is -2.95. The van der Waals surface area contributed by atoms with E-state index in [1.807, 2.05) is 0 Å². The summed E-state index contributed by atoms with van der Waals surface area (Å²) in [6.07, 6.45) is 0. The Morgan fingerprint density at radius 1 is 1.00 bits per heavy atom. The Balaban J connectivity index is 2.10. The zero-order valence-electron chi connectivity index (χ0n) is 20.4. The fourth-order valence-corrected chi connectivity index (χ4v) is 5.60. The van der Waals surface area contributed by atoms with Crippen molar-refractivity contribution >= 4 is 56.4 Å². The SMILES string of the molecule is CNC(=O)[C@@H](C)N(Cc1c(Cl)cccc1Cl)C(=O)CN(c1cccc([N+](=O)[O-])c1)S(=O)(=O)c1ccccc1. The third-order valence-corrected chi connectivity index (χ3v) is 8.24. The van der Waals surface area contributed by atoms with E-state index in [0.717, 1.165) is 15.3 Å². The molecule has 0 heterocycles. The molecular weight excluding hydrogens is 555 g/mol. The Morgan fingerprint density at radius 3 is 2.18 bits per heavy atom.